The fourth-order valence-corrected chi connectivity index (χ4v) is 2.65. The smallest absolute Gasteiger partial charge is 0.322 e. The number of nitrogens with zero attached hydrogens (tertiary/aromatic N) is 3. The van der Waals surface area contributed by atoms with E-state index in [0.717, 1.165) is 11.1 Å². The summed E-state index contributed by atoms with van der Waals surface area (Å²) in [7, 11) is 5.07. The second-order valence-electron chi connectivity index (χ2n) is 8.95. The average Bonchev–Trinajstić information content (AvgIpc) is 2.94. The number of aryl methyl sites for hydroxylation is 3. The Kier molecular flexibility index (Phi) is 18.7. The standard InChI is InChI=1S/C11H11N3O2.C11H15NO2.C7H9N.C3H8/c1-9(15)14-11(16)13-7-3-5-10-4-2-6-12-8-10;1-8-5-6-9(14-4)7-10(8)11(13)12(2)3;1-6-3-4-8-5-7(6)2;1-3-2/h2,4,6,8H,7H2,1H3,(H2,13,14,15,16);5-7H,1-4H3;3-5H,1-2H3;3H2,1-2H3. The number of aromatic nitrogens is 2. The summed E-state index contributed by atoms with van der Waals surface area (Å²) in [5, 5.41) is 4.49. The summed E-state index contributed by atoms with van der Waals surface area (Å²) in [5.41, 5.74) is 4.99. The van der Waals surface area contributed by atoms with Crippen LogP contribution >= 0.6 is 0 Å². The lowest BCUT2D eigenvalue weighted by atomic mass is 10.1. The van der Waals surface area contributed by atoms with Crippen molar-refractivity contribution >= 4 is 17.8 Å². The average molecular weight is 562 g/mol. The molecule has 2 aromatic heterocycles. The zero-order valence-corrected chi connectivity index (χ0v) is 25.7. The van der Waals surface area contributed by atoms with Gasteiger partial charge < -0.3 is 15.0 Å². The third-order valence-electron chi connectivity index (χ3n) is 4.90. The highest BCUT2D eigenvalue weighted by atomic mass is 16.5. The van der Waals surface area contributed by atoms with Crippen molar-refractivity contribution in [2.75, 3.05) is 27.7 Å². The molecule has 41 heavy (non-hydrogen) atoms. The number of amides is 4. The second-order valence-corrected chi connectivity index (χ2v) is 8.95. The first-order valence-electron chi connectivity index (χ1n) is 13.1. The molecule has 0 bridgehead atoms. The molecule has 0 aliphatic rings. The number of hydrogen-bond acceptors (Lipinski definition) is 6. The van der Waals surface area contributed by atoms with Crippen LogP contribution < -0.4 is 15.4 Å². The van der Waals surface area contributed by atoms with Crippen molar-refractivity contribution in [3.05, 3.63) is 89.0 Å². The van der Waals surface area contributed by atoms with Gasteiger partial charge in [0.25, 0.3) is 5.91 Å². The number of carbonyl (C=O) groups is 3. The van der Waals surface area contributed by atoms with E-state index in [1.54, 1.807) is 50.6 Å². The highest BCUT2D eigenvalue weighted by molar-refractivity contribution is 5.95. The lowest BCUT2D eigenvalue weighted by molar-refractivity contribution is -0.117. The number of rotatable bonds is 3. The number of nitrogens with one attached hydrogen (secondary N) is 2. The molecular weight excluding hydrogens is 518 g/mol. The van der Waals surface area contributed by atoms with E-state index in [0.29, 0.717) is 11.3 Å². The molecule has 2 N–H and O–H groups in total. The van der Waals surface area contributed by atoms with Crippen molar-refractivity contribution in [2.45, 2.75) is 48.0 Å². The summed E-state index contributed by atoms with van der Waals surface area (Å²) < 4.78 is 5.07. The van der Waals surface area contributed by atoms with Gasteiger partial charge in [0.05, 0.1) is 13.7 Å². The van der Waals surface area contributed by atoms with Gasteiger partial charge in [-0.15, -0.1) is 0 Å². The third-order valence-corrected chi connectivity index (χ3v) is 4.90. The maximum absolute atomic E-state index is 11.7. The molecule has 1 aromatic carbocycles. The molecule has 9 heteroatoms. The highest BCUT2D eigenvalue weighted by Crippen LogP contribution is 2.17. The molecule has 9 nitrogen and oxygen atoms in total. The van der Waals surface area contributed by atoms with Crippen LogP contribution in [0, 0.1) is 32.6 Å². The van der Waals surface area contributed by atoms with Crippen LogP contribution in [0.3, 0.4) is 0 Å². The first-order valence-corrected chi connectivity index (χ1v) is 13.1. The van der Waals surface area contributed by atoms with Gasteiger partial charge in [-0.2, -0.15) is 0 Å². The number of methoxy groups -OCH3 is 1. The van der Waals surface area contributed by atoms with Gasteiger partial charge in [-0.05, 0) is 67.8 Å². The van der Waals surface area contributed by atoms with Crippen LogP contribution in [0.1, 0.15) is 59.8 Å². The minimum absolute atomic E-state index is 0.00130. The number of pyridine rings is 2. The van der Waals surface area contributed by atoms with Crippen molar-refractivity contribution in [1.82, 2.24) is 25.5 Å². The molecule has 2 heterocycles. The van der Waals surface area contributed by atoms with Gasteiger partial charge in [-0.3, -0.25) is 24.9 Å². The summed E-state index contributed by atoms with van der Waals surface area (Å²) in [5.74, 6) is 5.85. The van der Waals surface area contributed by atoms with E-state index in [4.69, 9.17) is 4.74 Å². The quantitative estimate of drug-likeness (QED) is 0.430. The number of hydrogen-bond donors (Lipinski definition) is 2. The Morgan fingerprint density at radius 3 is 2.07 bits per heavy atom. The normalized spacial score (nSPS) is 8.90. The molecule has 3 aromatic rings. The van der Waals surface area contributed by atoms with Crippen LogP contribution in [0.25, 0.3) is 0 Å². The van der Waals surface area contributed by atoms with Crippen molar-refractivity contribution in [2.24, 2.45) is 0 Å². The van der Waals surface area contributed by atoms with E-state index in [2.05, 4.69) is 60.1 Å². The van der Waals surface area contributed by atoms with Gasteiger partial charge in [0.2, 0.25) is 5.91 Å². The van der Waals surface area contributed by atoms with Crippen molar-refractivity contribution in [1.29, 1.82) is 0 Å². The van der Waals surface area contributed by atoms with Gasteiger partial charge >= 0.3 is 6.03 Å². The number of benzene rings is 1. The zero-order chi connectivity index (χ0) is 31.2. The Hall–Kier alpha value is -4.71. The molecule has 0 aliphatic heterocycles. The Bertz CT molecular complexity index is 1260. The molecule has 0 spiro atoms. The Morgan fingerprint density at radius 2 is 1.59 bits per heavy atom. The molecule has 3 rings (SSSR count). The zero-order valence-electron chi connectivity index (χ0n) is 25.7. The van der Waals surface area contributed by atoms with Gasteiger partial charge in [0, 0.05) is 56.9 Å². The molecule has 4 amide bonds. The number of urea groups is 1. The molecule has 0 unspecified atom stereocenters. The fraction of sp³-hybridized carbons (Fsp3) is 0.344. The Labute approximate surface area is 244 Å². The van der Waals surface area contributed by atoms with Crippen molar-refractivity contribution < 1.29 is 19.1 Å². The topological polar surface area (TPSA) is 114 Å². The molecule has 0 atom stereocenters. The van der Waals surface area contributed by atoms with Crippen LogP contribution in [0.15, 0.2) is 61.2 Å². The van der Waals surface area contributed by atoms with Crippen LogP contribution in [0.2, 0.25) is 0 Å². The summed E-state index contributed by atoms with van der Waals surface area (Å²) in [6, 6.07) is 10.5. The fourth-order valence-electron chi connectivity index (χ4n) is 2.65. The summed E-state index contributed by atoms with van der Waals surface area (Å²) in [4.78, 5) is 42.5. The van der Waals surface area contributed by atoms with E-state index in [-0.39, 0.29) is 12.5 Å². The van der Waals surface area contributed by atoms with Crippen LogP contribution in [0.5, 0.6) is 5.75 Å². The molecule has 220 valence electrons. The van der Waals surface area contributed by atoms with Crippen LogP contribution in [0.4, 0.5) is 4.79 Å². The second kappa shape index (κ2) is 21.2. The molecule has 0 radical (unpaired) electrons. The van der Waals surface area contributed by atoms with Gasteiger partial charge in [-0.25, -0.2) is 4.79 Å². The summed E-state index contributed by atoms with van der Waals surface area (Å²) in [6.07, 6.45) is 8.21. The van der Waals surface area contributed by atoms with E-state index in [1.807, 2.05) is 43.6 Å². The lowest BCUT2D eigenvalue weighted by Gasteiger charge is -2.13. The monoisotopic (exact) mass is 561 g/mol. The van der Waals surface area contributed by atoms with Gasteiger partial charge in [0.1, 0.15) is 5.75 Å². The largest absolute Gasteiger partial charge is 0.497 e. The predicted molar refractivity (Wildman–Crippen MR) is 164 cm³/mol. The molecule has 0 aliphatic carbocycles. The lowest BCUT2D eigenvalue weighted by Crippen LogP contribution is -2.38. The molecule has 0 saturated heterocycles. The summed E-state index contributed by atoms with van der Waals surface area (Å²) in [6.45, 7) is 11.7. The minimum Gasteiger partial charge on any atom is -0.497 e. The van der Waals surface area contributed by atoms with Gasteiger partial charge in [-0.1, -0.05) is 38.2 Å². The SMILES string of the molecule is CC(=O)NC(=O)NCC#Cc1cccnc1.CCC.COc1ccc(C)c(C(=O)N(C)C)c1.Cc1ccncc1C. The molecular formula is C32H43N5O4. The first kappa shape index (κ1) is 36.3. The van der Waals surface area contributed by atoms with E-state index in [1.165, 1.54) is 24.5 Å². The minimum atomic E-state index is -0.548. The predicted octanol–water partition coefficient (Wildman–Crippen LogP) is 5.10. The maximum Gasteiger partial charge on any atom is 0.322 e. The Balaban J connectivity index is 0.000000581. The van der Waals surface area contributed by atoms with Crippen LogP contribution in [-0.4, -0.2) is 60.5 Å². The van der Waals surface area contributed by atoms with E-state index >= 15 is 0 Å². The molecule has 0 fully saturated rings. The first-order chi connectivity index (χ1) is 19.5. The number of imide groups is 1. The van der Waals surface area contributed by atoms with Crippen LogP contribution in [-0.2, 0) is 4.79 Å². The maximum atomic E-state index is 11.7. The molecule has 0 saturated carbocycles. The van der Waals surface area contributed by atoms with Crippen molar-refractivity contribution in [3.63, 3.8) is 0 Å². The van der Waals surface area contributed by atoms with Crippen molar-refractivity contribution in [3.8, 4) is 17.6 Å². The van der Waals surface area contributed by atoms with Gasteiger partial charge in [0.15, 0.2) is 0 Å². The Morgan fingerprint density at radius 1 is 0.927 bits per heavy atom. The number of ether oxygens (including phenoxy) is 1. The third kappa shape index (κ3) is 16.8. The number of carbonyl (C=O) groups excluding carboxylic acids is 3. The highest BCUT2D eigenvalue weighted by Gasteiger charge is 2.11. The van der Waals surface area contributed by atoms with E-state index < -0.39 is 11.9 Å². The summed E-state index contributed by atoms with van der Waals surface area (Å²) >= 11 is 0. The van der Waals surface area contributed by atoms with E-state index in [9.17, 15) is 14.4 Å².